The first-order valence-corrected chi connectivity index (χ1v) is 9.66. The minimum Gasteiger partial charge on any atom is -0.495 e. The lowest BCUT2D eigenvalue weighted by Crippen LogP contribution is -2.23. The van der Waals surface area contributed by atoms with E-state index in [9.17, 15) is 9.59 Å². The number of amides is 1. The van der Waals surface area contributed by atoms with Crippen LogP contribution in [0, 0.1) is 0 Å². The molecule has 2 aromatic carbocycles. The Morgan fingerprint density at radius 1 is 1.24 bits per heavy atom. The number of nitrogens with one attached hydrogen (secondary N) is 2. The molecule has 0 spiro atoms. The van der Waals surface area contributed by atoms with Crippen molar-refractivity contribution in [2.24, 2.45) is 0 Å². The number of thioether (sulfide) groups is 1. The lowest BCUT2D eigenvalue weighted by molar-refractivity contribution is -0.115. The molecule has 0 unspecified atom stereocenters. The smallest absolute Gasteiger partial charge is 0.253 e. The van der Waals surface area contributed by atoms with Crippen LogP contribution in [0.3, 0.4) is 0 Å². The number of furan rings is 1. The van der Waals surface area contributed by atoms with Crippen molar-refractivity contribution in [3.8, 4) is 5.75 Å². The van der Waals surface area contributed by atoms with Gasteiger partial charge in [-0.3, -0.25) is 9.59 Å². The quantitative estimate of drug-likeness (QED) is 0.340. The van der Waals surface area contributed by atoms with Crippen LogP contribution < -0.4 is 21.3 Å². The highest BCUT2D eigenvalue weighted by molar-refractivity contribution is 8.00. The van der Waals surface area contributed by atoms with Crippen molar-refractivity contribution in [3.63, 3.8) is 0 Å². The molecule has 4 rings (SSSR count). The summed E-state index contributed by atoms with van der Waals surface area (Å²) in [4.78, 5) is 30.8. The van der Waals surface area contributed by atoms with Gasteiger partial charge in [-0.1, -0.05) is 30.0 Å². The number of aromatic nitrogens is 2. The largest absolute Gasteiger partial charge is 0.495 e. The van der Waals surface area contributed by atoms with E-state index in [1.165, 1.54) is 6.07 Å². The van der Waals surface area contributed by atoms with Gasteiger partial charge in [0.25, 0.3) is 5.56 Å². The van der Waals surface area contributed by atoms with Crippen molar-refractivity contribution < 1.29 is 13.9 Å². The zero-order valence-corrected chi connectivity index (χ0v) is 16.5. The molecule has 0 saturated heterocycles. The van der Waals surface area contributed by atoms with Crippen LogP contribution in [0.2, 0.25) is 0 Å². The highest BCUT2D eigenvalue weighted by Gasteiger charge is 2.19. The molecule has 0 aliphatic heterocycles. The molecule has 1 atom stereocenters. The van der Waals surface area contributed by atoms with E-state index in [4.69, 9.17) is 14.9 Å². The number of anilines is 2. The van der Waals surface area contributed by atoms with Gasteiger partial charge in [0.1, 0.15) is 22.7 Å². The Balaban J connectivity index is 1.61. The zero-order chi connectivity index (χ0) is 20.5. The summed E-state index contributed by atoms with van der Waals surface area (Å²) in [7, 11) is 1.54. The summed E-state index contributed by atoms with van der Waals surface area (Å²) < 4.78 is 11.3. The van der Waals surface area contributed by atoms with E-state index in [1.54, 1.807) is 20.1 Å². The van der Waals surface area contributed by atoms with Crippen molar-refractivity contribution in [1.29, 1.82) is 0 Å². The Hall–Kier alpha value is -3.46. The maximum absolute atomic E-state index is 12.7. The van der Waals surface area contributed by atoms with Crippen molar-refractivity contribution in [3.05, 3.63) is 52.8 Å². The number of rotatable bonds is 5. The summed E-state index contributed by atoms with van der Waals surface area (Å²) in [6.45, 7) is 1.70. The second-order valence-electron chi connectivity index (χ2n) is 6.37. The van der Waals surface area contributed by atoms with Crippen molar-refractivity contribution in [1.82, 2.24) is 9.97 Å². The number of hydrogen-bond acceptors (Lipinski definition) is 7. The number of para-hydroxylation sites is 1. The molecule has 9 heteroatoms. The molecule has 2 heterocycles. The normalized spacial score (nSPS) is 12.2. The molecular formula is C20H18N4O4S. The first kappa shape index (κ1) is 18.9. The van der Waals surface area contributed by atoms with Gasteiger partial charge in [-0.25, -0.2) is 4.98 Å². The molecule has 8 nitrogen and oxygen atoms in total. The molecule has 0 radical (unpaired) electrons. The van der Waals surface area contributed by atoms with Crippen LogP contribution in [-0.2, 0) is 4.79 Å². The lowest BCUT2D eigenvalue weighted by atomic mass is 10.1. The number of hydrogen-bond donors (Lipinski definition) is 3. The molecular weight excluding hydrogens is 392 g/mol. The summed E-state index contributed by atoms with van der Waals surface area (Å²) in [5.74, 6) is 0.333. The predicted molar refractivity (Wildman–Crippen MR) is 113 cm³/mol. The molecule has 0 aliphatic rings. The highest BCUT2D eigenvalue weighted by atomic mass is 32.2. The first-order valence-electron chi connectivity index (χ1n) is 8.78. The Labute approximate surface area is 169 Å². The van der Waals surface area contributed by atoms with Crippen molar-refractivity contribution in [2.45, 2.75) is 17.3 Å². The average molecular weight is 410 g/mol. The lowest BCUT2D eigenvalue weighted by Gasteiger charge is -2.14. The molecule has 4 N–H and O–H groups in total. The highest BCUT2D eigenvalue weighted by Crippen LogP contribution is 2.36. The second kappa shape index (κ2) is 7.51. The summed E-state index contributed by atoms with van der Waals surface area (Å²) in [6.07, 6.45) is 0. The number of nitrogens with zero attached hydrogens (tertiary/aromatic N) is 1. The van der Waals surface area contributed by atoms with Gasteiger partial charge in [0, 0.05) is 22.9 Å². The van der Waals surface area contributed by atoms with Gasteiger partial charge in [-0.15, -0.1) is 0 Å². The Morgan fingerprint density at radius 3 is 2.79 bits per heavy atom. The number of carbonyl (C=O) groups excluding carboxylic acids is 1. The molecule has 0 bridgehead atoms. The topological polar surface area (TPSA) is 123 Å². The van der Waals surface area contributed by atoms with E-state index in [0.29, 0.717) is 17.0 Å². The van der Waals surface area contributed by atoms with Crippen LogP contribution in [-0.4, -0.2) is 28.2 Å². The van der Waals surface area contributed by atoms with E-state index >= 15 is 0 Å². The third-order valence-corrected chi connectivity index (χ3v) is 5.34. The summed E-state index contributed by atoms with van der Waals surface area (Å²) in [5, 5.41) is 4.46. The van der Waals surface area contributed by atoms with Gasteiger partial charge in [-0.05, 0) is 19.1 Å². The Bertz CT molecular complexity index is 1280. The van der Waals surface area contributed by atoms with E-state index in [-0.39, 0.29) is 22.4 Å². The molecule has 0 aliphatic carbocycles. The Kier molecular flexibility index (Phi) is 4.89. The molecule has 4 aromatic rings. The summed E-state index contributed by atoms with van der Waals surface area (Å²) in [6, 6.07) is 12.5. The fourth-order valence-corrected chi connectivity index (χ4v) is 3.80. The van der Waals surface area contributed by atoms with Crippen molar-refractivity contribution in [2.75, 3.05) is 18.2 Å². The number of carbonyl (C=O) groups is 1. The number of H-pyrrole nitrogens is 1. The Morgan fingerprint density at radius 2 is 2.03 bits per heavy atom. The van der Waals surface area contributed by atoms with E-state index in [2.05, 4.69) is 15.3 Å². The minimum absolute atomic E-state index is 0.0980. The summed E-state index contributed by atoms with van der Waals surface area (Å²) >= 11 is 1.10. The van der Waals surface area contributed by atoms with Crippen LogP contribution in [0.25, 0.3) is 21.9 Å². The molecule has 29 heavy (non-hydrogen) atoms. The number of nitrogen functional groups attached to an aromatic ring is 1. The van der Waals surface area contributed by atoms with Crippen molar-refractivity contribution >= 4 is 51.1 Å². The predicted octanol–water partition coefficient (Wildman–Crippen LogP) is 3.38. The van der Waals surface area contributed by atoms with Gasteiger partial charge in [0.2, 0.25) is 5.91 Å². The molecule has 0 fully saturated rings. The van der Waals surface area contributed by atoms with E-state index < -0.39 is 5.25 Å². The van der Waals surface area contributed by atoms with E-state index in [1.807, 2.05) is 30.3 Å². The minimum atomic E-state index is -0.545. The SMILES string of the molecule is COc1cc2c(cc1NC(=O)[C@H](C)Sc1nc(N)cc(=O)[nH]1)oc1ccccc12. The number of aromatic amines is 1. The number of fused-ring (bicyclic) bond motifs is 3. The number of benzene rings is 2. The third-order valence-electron chi connectivity index (χ3n) is 4.35. The van der Waals surface area contributed by atoms with Crippen LogP contribution in [0.5, 0.6) is 5.75 Å². The van der Waals surface area contributed by atoms with Gasteiger partial charge >= 0.3 is 0 Å². The van der Waals surface area contributed by atoms with Gasteiger partial charge < -0.3 is 25.2 Å². The molecule has 0 saturated carbocycles. The molecule has 1 amide bonds. The fraction of sp³-hybridized carbons (Fsp3) is 0.150. The van der Waals surface area contributed by atoms with Gasteiger partial charge in [-0.2, -0.15) is 0 Å². The van der Waals surface area contributed by atoms with Crippen LogP contribution in [0.1, 0.15) is 6.92 Å². The monoisotopic (exact) mass is 410 g/mol. The standard InChI is InChI=1S/C20H18N4O4S/c1-10(29-20-23-17(21)9-18(25)24-20)19(26)22-13-8-15-12(7-16(13)27-2)11-5-3-4-6-14(11)28-15/h3-10H,1-2H3,(H,22,26)(H3,21,23,24,25)/t10-/m0/s1. The van der Waals surface area contributed by atoms with Gasteiger partial charge in [0.05, 0.1) is 18.0 Å². The number of methoxy groups -OCH3 is 1. The third kappa shape index (κ3) is 3.77. The maximum Gasteiger partial charge on any atom is 0.253 e. The van der Waals surface area contributed by atoms with Gasteiger partial charge in [0.15, 0.2) is 5.16 Å². The molecule has 148 valence electrons. The number of ether oxygens (including phenoxy) is 1. The molecule has 2 aromatic heterocycles. The maximum atomic E-state index is 12.7. The van der Waals surface area contributed by atoms with Crippen LogP contribution in [0.15, 0.2) is 56.8 Å². The fourth-order valence-electron chi connectivity index (χ4n) is 2.98. The number of nitrogens with two attached hydrogens (primary N) is 1. The van der Waals surface area contributed by atoms with E-state index in [0.717, 1.165) is 28.1 Å². The van der Waals surface area contributed by atoms with Crippen LogP contribution in [0.4, 0.5) is 11.5 Å². The average Bonchev–Trinajstić information content (AvgIpc) is 3.03. The zero-order valence-electron chi connectivity index (χ0n) is 15.7. The first-order chi connectivity index (χ1) is 13.9. The second-order valence-corrected chi connectivity index (χ2v) is 7.70. The van der Waals surface area contributed by atoms with Crippen LogP contribution >= 0.6 is 11.8 Å². The summed E-state index contributed by atoms with van der Waals surface area (Å²) in [5.41, 5.74) is 7.11.